The van der Waals surface area contributed by atoms with Crippen molar-refractivity contribution in [1.82, 2.24) is 9.55 Å². The van der Waals surface area contributed by atoms with Crippen molar-refractivity contribution in [2.45, 2.75) is 0 Å². The fraction of sp³-hybridized carbons (Fsp3) is 0.130. The predicted octanol–water partition coefficient (Wildman–Crippen LogP) is 2.77. The third-order valence-electron chi connectivity index (χ3n) is 4.10. The minimum atomic E-state index is -0.172. The van der Waals surface area contributed by atoms with Crippen LogP contribution in [0.15, 0.2) is 77.6 Å². The summed E-state index contributed by atoms with van der Waals surface area (Å²) in [7, 11) is 1.74. The Bertz CT molecular complexity index is 1120. The molecule has 142 valence electrons. The number of hydrogen-bond donors (Lipinski definition) is 0. The molecule has 28 heavy (non-hydrogen) atoms. The summed E-state index contributed by atoms with van der Waals surface area (Å²) in [6.07, 6.45) is 7.55. The first kappa shape index (κ1) is 19.8. The van der Waals surface area contributed by atoms with Gasteiger partial charge in [-0.2, -0.15) is 0 Å². The molecule has 0 saturated heterocycles. The zero-order chi connectivity index (χ0) is 19.8. The van der Waals surface area contributed by atoms with Gasteiger partial charge in [-0.3, -0.25) is 4.79 Å². The van der Waals surface area contributed by atoms with Crippen molar-refractivity contribution < 1.29 is 4.74 Å². The smallest absolute Gasteiger partial charge is 0.276 e. The monoisotopic (exact) mass is 436 g/mol. The molecule has 2 aromatic carbocycles. The van der Waals surface area contributed by atoms with Gasteiger partial charge >= 0.3 is 0 Å². The van der Waals surface area contributed by atoms with E-state index in [1.807, 2.05) is 78.9 Å². The normalized spacial score (nSPS) is 12.6. The molecule has 0 radical (unpaired) electrons. The van der Waals surface area contributed by atoms with Gasteiger partial charge in [0.05, 0.1) is 0 Å². The lowest BCUT2D eigenvalue weighted by Gasteiger charge is -2.08. The highest BCUT2D eigenvalue weighted by Gasteiger charge is 2.07. The van der Waals surface area contributed by atoms with Crippen molar-refractivity contribution in [2.75, 3.05) is 11.9 Å². The fourth-order valence-corrected chi connectivity index (χ4v) is 2.93. The Hall–Kier alpha value is -2.92. The summed E-state index contributed by atoms with van der Waals surface area (Å²) in [4.78, 5) is 17.4. The van der Waals surface area contributed by atoms with Gasteiger partial charge in [0.2, 0.25) is 5.88 Å². The first-order valence-electron chi connectivity index (χ1n) is 8.93. The van der Waals surface area contributed by atoms with Crippen molar-refractivity contribution in [3.63, 3.8) is 0 Å². The quantitative estimate of drug-likeness (QED) is 0.440. The van der Waals surface area contributed by atoms with Gasteiger partial charge in [-0.25, -0.2) is 4.98 Å². The average Bonchev–Trinajstić information content (AvgIpc) is 2.73. The van der Waals surface area contributed by atoms with E-state index in [9.17, 15) is 4.79 Å². The summed E-state index contributed by atoms with van der Waals surface area (Å²) >= 11 is 3.35. The number of allylic oxidation sites excluding steroid dienone is 1. The number of hydrogen-bond acceptors (Lipinski definition) is 3. The molecule has 0 saturated carbocycles. The van der Waals surface area contributed by atoms with Crippen molar-refractivity contribution >= 4 is 28.1 Å². The summed E-state index contributed by atoms with van der Waals surface area (Å²) < 4.78 is 7.48. The molecular formula is C23H21BrN2O2. The molecule has 3 aromatic rings. The fourth-order valence-electron chi connectivity index (χ4n) is 2.67. The van der Waals surface area contributed by atoms with Gasteiger partial charge in [0, 0.05) is 12.4 Å². The van der Waals surface area contributed by atoms with E-state index in [-0.39, 0.29) is 5.56 Å². The zero-order valence-electron chi connectivity index (χ0n) is 15.6. The average molecular weight is 437 g/mol. The third-order valence-corrected chi connectivity index (χ3v) is 4.48. The highest BCUT2D eigenvalue weighted by atomic mass is 79.9. The molecule has 1 aromatic heterocycles. The third kappa shape index (κ3) is 5.08. The van der Waals surface area contributed by atoms with Crippen LogP contribution in [0.1, 0.15) is 11.1 Å². The Morgan fingerprint density at radius 1 is 0.964 bits per heavy atom. The van der Waals surface area contributed by atoms with E-state index in [4.69, 9.17) is 4.74 Å². The van der Waals surface area contributed by atoms with E-state index in [0.717, 1.165) is 16.5 Å². The van der Waals surface area contributed by atoms with Gasteiger partial charge in [-0.15, -0.1) is 0 Å². The van der Waals surface area contributed by atoms with Crippen molar-refractivity contribution in [3.05, 3.63) is 105 Å². The number of nitrogens with zero attached hydrogens (tertiary/aromatic N) is 2. The summed E-state index contributed by atoms with van der Waals surface area (Å²) in [5.41, 5.74) is 1.71. The summed E-state index contributed by atoms with van der Waals surface area (Å²) in [5.74, 6) is 0.423. The maximum Gasteiger partial charge on any atom is 0.276 e. The molecule has 0 aliphatic rings. The molecule has 0 bridgehead atoms. The summed E-state index contributed by atoms with van der Waals surface area (Å²) in [6, 6.07) is 19.5. The Morgan fingerprint density at radius 2 is 1.57 bits per heavy atom. The molecule has 0 N–H and O–H groups in total. The van der Waals surface area contributed by atoms with Gasteiger partial charge in [-0.05, 0) is 23.3 Å². The van der Waals surface area contributed by atoms with Crippen LogP contribution < -0.4 is 21.0 Å². The van der Waals surface area contributed by atoms with Crippen molar-refractivity contribution in [3.8, 4) is 5.88 Å². The molecule has 0 fully saturated rings. The Kier molecular flexibility index (Phi) is 6.98. The van der Waals surface area contributed by atoms with Gasteiger partial charge in [0.25, 0.3) is 5.56 Å². The highest BCUT2D eigenvalue weighted by Crippen LogP contribution is 2.02. The molecule has 3 rings (SSSR count). The molecule has 0 amide bonds. The standard InChI is InChI=1S/C23H21BrN2O2/c1-26-21(17-19-12-6-3-7-13-19)22(28-15-9-8-14-24)25-20(23(26)27)16-18-10-4-2-5-11-18/h2-13,16-17H,14-15H2,1H3. The van der Waals surface area contributed by atoms with Crippen LogP contribution in [0.5, 0.6) is 5.88 Å². The number of rotatable bonds is 6. The van der Waals surface area contributed by atoms with E-state index < -0.39 is 0 Å². The van der Waals surface area contributed by atoms with Gasteiger partial charge in [0.15, 0.2) is 0 Å². The van der Waals surface area contributed by atoms with Gasteiger partial charge < -0.3 is 9.30 Å². The van der Waals surface area contributed by atoms with Crippen LogP contribution in [-0.2, 0) is 7.05 Å². The minimum Gasteiger partial charge on any atom is -0.472 e. The van der Waals surface area contributed by atoms with E-state index >= 15 is 0 Å². The first-order chi connectivity index (χ1) is 13.7. The van der Waals surface area contributed by atoms with Crippen LogP contribution in [0.3, 0.4) is 0 Å². The van der Waals surface area contributed by atoms with E-state index in [1.54, 1.807) is 17.7 Å². The molecule has 4 nitrogen and oxygen atoms in total. The highest BCUT2D eigenvalue weighted by molar-refractivity contribution is 9.09. The van der Waals surface area contributed by atoms with E-state index in [2.05, 4.69) is 20.9 Å². The first-order valence-corrected chi connectivity index (χ1v) is 10.1. The van der Waals surface area contributed by atoms with Crippen LogP contribution in [0.2, 0.25) is 0 Å². The number of halogens is 1. The number of ether oxygens (including phenoxy) is 1. The predicted molar refractivity (Wildman–Crippen MR) is 117 cm³/mol. The van der Waals surface area contributed by atoms with Crippen LogP contribution in [0, 0.1) is 0 Å². The lowest BCUT2D eigenvalue weighted by Crippen LogP contribution is -2.44. The lowest BCUT2D eigenvalue weighted by molar-refractivity contribution is 0.338. The maximum atomic E-state index is 12.9. The molecule has 1 heterocycles. The Labute approximate surface area is 172 Å². The number of alkyl halides is 1. The van der Waals surface area contributed by atoms with Crippen molar-refractivity contribution in [1.29, 1.82) is 0 Å². The Balaban J connectivity index is 2.17. The zero-order valence-corrected chi connectivity index (χ0v) is 17.2. The van der Waals surface area contributed by atoms with Crippen molar-refractivity contribution in [2.24, 2.45) is 7.05 Å². The van der Waals surface area contributed by atoms with Gasteiger partial charge in [0.1, 0.15) is 17.3 Å². The molecule has 0 atom stereocenters. The number of benzene rings is 2. The molecule has 0 aliphatic carbocycles. The van der Waals surface area contributed by atoms with Gasteiger partial charge in [-0.1, -0.05) is 88.7 Å². The second kappa shape index (κ2) is 9.85. The summed E-state index contributed by atoms with van der Waals surface area (Å²) in [6.45, 7) is 0.372. The molecular weight excluding hydrogens is 416 g/mol. The van der Waals surface area contributed by atoms with Crippen LogP contribution in [-0.4, -0.2) is 21.5 Å². The molecule has 0 spiro atoms. The second-order valence-corrected chi connectivity index (χ2v) is 6.75. The number of aromatic nitrogens is 2. The van der Waals surface area contributed by atoms with E-state index in [0.29, 0.717) is 23.2 Å². The molecule has 0 unspecified atom stereocenters. The topological polar surface area (TPSA) is 44.1 Å². The minimum absolute atomic E-state index is 0.172. The van der Waals surface area contributed by atoms with E-state index in [1.165, 1.54) is 0 Å². The van der Waals surface area contributed by atoms with Crippen LogP contribution >= 0.6 is 15.9 Å². The Morgan fingerprint density at radius 3 is 2.18 bits per heavy atom. The second-order valence-electron chi connectivity index (χ2n) is 6.10. The maximum absolute atomic E-state index is 12.9. The molecule has 0 aliphatic heterocycles. The van der Waals surface area contributed by atoms with Crippen LogP contribution in [0.25, 0.3) is 12.2 Å². The SMILES string of the molecule is Cn1c(=Cc2ccccc2)c(OCC=CCBr)nc(=Cc2ccccc2)c1=O. The lowest BCUT2D eigenvalue weighted by atomic mass is 10.2. The molecule has 5 heteroatoms. The van der Waals surface area contributed by atoms with Crippen LogP contribution in [0.4, 0.5) is 0 Å². The largest absolute Gasteiger partial charge is 0.472 e. The summed E-state index contributed by atoms with van der Waals surface area (Å²) in [5, 5.41) is 1.74.